The fraction of sp³-hybridized carbons (Fsp3) is 0.867. The number of urea groups is 1. The lowest BCUT2D eigenvalue weighted by molar-refractivity contribution is -0.141. The number of hydrogen-bond acceptors (Lipinski definition) is 2. The summed E-state index contributed by atoms with van der Waals surface area (Å²) < 4.78 is 0. The molecule has 0 aromatic carbocycles. The summed E-state index contributed by atoms with van der Waals surface area (Å²) in [6.07, 6.45) is 6.53. The number of likely N-dealkylation sites (tertiary alicyclic amines) is 1. The maximum Gasteiger partial charge on any atom is 0.317 e. The zero-order valence-electron chi connectivity index (χ0n) is 12.4. The van der Waals surface area contributed by atoms with Crippen LogP contribution < -0.4 is 5.32 Å². The fourth-order valence-electron chi connectivity index (χ4n) is 3.45. The molecule has 0 spiro atoms. The number of carboxylic acid groups (broad SMARTS) is 1. The molecule has 1 atom stereocenters. The van der Waals surface area contributed by atoms with Gasteiger partial charge in [-0.25, -0.2) is 4.79 Å². The first kappa shape index (κ1) is 15.1. The molecule has 2 aliphatic rings. The van der Waals surface area contributed by atoms with Crippen LogP contribution in [-0.4, -0.2) is 41.6 Å². The summed E-state index contributed by atoms with van der Waals surface area (Å²) in [4.78, 5) is 24.9. The number of carboxylic acids is 1. The van der Waals surface area contributed by atoms with E-state index in [2.05, 4.69) is 12.2 Å². The van der Waals surface area contributed by atoms with E-state index in [0.717, 1.165) is 38.8 Å². The Morgan fingerprint density at radius 2 is 2.15 bits per heavy atom. The van der Waals surface area contributed by atoms with Gasteiger partial charge >= 0.3 is 12.0 Å². The summed E-state index contributed by atoms with van der Waals surface area (Å²) in [6.45, 7) is 4.37. The number of hydrogen-bond donors (Lipinski definition) is 2. The zero-order chi connectivity index (χ0) is 14.6. The molecule has 0 radical (unpaired) electrons. The SMILES string of the molecule is CCCC1CCN(C(=O)NCC2(CC(=O)O)CCC2)C1. The van der Waals surface area contributed by atoms with Gasteiger partial charge in [0, 0.05) is 19.6 Å². The first-order chi connectivity index (χ1) is 9.54. The number of nitrogens with zero attached hydrogens (tertiary/aromatic N) is 1. The van der Waals surface area contributed by atoms with Crippen LogP contribution in [-0.2, 0) is 4.79 Å². The van der Waals surface area contributed by atoms with Gasteiger partial charge in [-0.15, -0.1) is 0 Å². The third-order valence-corrected chi connectivity index (χ3v) is 4.83. The van der Waals surface area contributed by atoms with E-state index >= 15 is 0 Å². The second-order valence-corrected chi connectivity index (χ2v) is 6.47. The van der Waals surface area contributed by atoms with Crippen LogP contribution in [0.3, 0.4) is 0 Å². The van der Waals surface area contributed by atoms with Gasteiger partial charge < -0.3 is 15.3 Å². The lowest BCUT2D eigenvalue weighted by atomic mass is 9.66. The smallest absolute Gasteiger partial charge is 0.317 e. The second kappa shape index (κ2) is 6.46. The fourth-order valence-corrected chi connectivity index (χ4v) is 3.45. The molecule has 1 unspecified atom stereocenters. The van der Waals surface area contributed by atoms with Crippen LogP contribution in [0.15, 0.2) is 0 Å². The quantitative estimate of drug-likeness (QED) is 0.786. The Labute approximate surface area is 120 Å². The molecule has 2 N–H and O–H groups in total. The van der Waals surface area contributed by atoms with Gasteiger partial charge in [0.05, 0.1) is 6.42 Å². The summed E-state index contributed by atoms with van der Waals surface area (Å²) in [6, 6.07) is -0.0136. The summed E-state index contributed by atoms with van der Waals surface area (Å²) in [5, 5.41) is 11.9. The Morgan fingerprint density at radius 3 is 2.70 bits per heavy atom. The van der Waals surface area contributed by atoms with Gasteiger partial charge in [0.2, 0.25) is 0 Å². The van der Waals surface area contributed by atoms with Crippen LogP contribution in [0.1, 0.15) is 51.9 Å². The maximum absolute atomic E-state index is 12.1. The van der Waals surface area contributed by atoms with E-state index in [4.69, 9.17) is 5.11 Å². The van der Waals surface area contributed by atoms with Gasteiger partial charge in [-0.05, 0) is 37.0 Å². The van der Waals surface area contributed by atoms with Crippen molar-refractivity contribution in [3.8, 4) is 0 Å². The van der Waals surface area contributed by atoms with Crippen LogP contribution in [0.25, 0.3) is 0 Å². The van der Waals surface area contributed by atoms with Crippen molar-refractivity contribution in [2.75, 3.05) is 19.6 Å². The highest BCUT2D eigenvalue weighted by Crippen LogP contribution is 2.43. The Hall–Kier alpha value is -1.26. The predicted molar refractivity (Wildman–Crippen MR) is 76.5 cm³/mol. The summed E-state index contributed by atoms with van der Waals surface area (Å²) in [5.74, 6) is -0.120. The predicted octanol–water partition coefficient (Wildman–Crippen LogP) is 2.46. The molecule has 1 saturated heterocycles. The monoisotopic (exact) mass is 282 g/mol. The average Bonchev–Trinajstić information content (AvgIpc) is 2.81. The van der Waals surface area contributed by atoms with Crippen molar-refractivity contribution in [1.82, 2.24) is 10.2 Å². The molecule has 5 nitrogen and oxygen atoms in total. The van der Waals surface area contributed by atoms with Crippen molar-refractivity contribution >= 4 is 12.0 Å². The molecular formula is C15H26N2O3. The van der Waals surface area contributed by atoms with Gasteiger partial charge in [0.15, 0.2) is 0 Å². The van der Waals surface area contributed by atoms with E-state index < -0.39 is 5.97 Å². The Kier molecular flexibility index (Phi) is 4.89. The number of aliphatic carboxylic acids is 1. The van der Waals surface area contributed by atoms with E-state index in [9.17, 15) is 9.59 Å². The zero-order valence-corrected chi connectivity index (χ0v) is 12.4. The van der Waals surface area contributed by atoms with E-state index in [1.807, 2.05) is 4.90 Å². The number of carbonyl (C=O) groups excluding carboxylic acids is 1. The van der Waals surface area contributed by atoms with E-state index in [1.54, 1.807) is 0 Å². The Bertz CT molecular complexity index is 366. The first-order valence-electron chi connectivity index (χ1n) is 7.79. The third-order valence-electron chi connectivity index (χ3n) is 4.83. The molecule has 2 rings (SSSR count). The molecule has 0 bridgehead atoms. The van der Waals surface area contributed by atoms with Crippen molar-refractivity contribution in [2.45, 2.75) is 51.9 Å². The molecule has 5 heteroatoms. The number of rotatable bonds is 6. The van der Waals surface area contributed by atoms with Crippen molar-refractivity contribution in [1.29, 1.82) is 0 Å². The molecule has 114 valence electrons. The van der Waals surface area contributed by atoms with E-state index in [-0.39, 0.29) is 17.9 Å². The highest BCUT2D eigenvalue weighted by atomic mass is 16.4. The topological polar surface area (TPSA) is 69.6 Å². The van der Waals surface area contributed by atoms with Gasteiger partial charge in [0.1, 0.15) is 0 Å². The van der Waals surface area contributed by atoms with Crippen molar-refractivity contribution in [3.05, 3.63) is 0 Å². The Balaban J connectivity index is 1.76. The first-order valence-corrected chi connectivity index (χ1v) is 7.79. The van der Waals surface area contributed by atoms with Crippen molar-refractivity contribution < 1.29 is 14.7 Å². The van der Waals surface area contributed by atoms with Gasteiger partial charge in [-0.1, -0.05) is 19.8 Å². The van der Waals surface area contributed by atoms with Crippen molar-refractivity contribution in [2.24, 2.45) is 11.3 Å². The van der Waals surface area contributed by atoms with E-state index in [0.29, 0.717) is 12.5 Å². The number of carbonyl (C=O) groups is 2. The van der Waals surface area contributed by atoms with Crippen LogP contribution in [0, 0.1) is 11.3 Å². The van der Waals surface area contributed by atoms with Crippen LogP contribution in [0.4, 0.5) is 4.79 Å². The largest absolute Gasteiger partial charge is 0.481 e. The standard InChI is InChI=1S/C15H26N2O3/c1-2-4-12-5-8-17(10-12)14(20)16-11-15(6-3-7-15)9-13(18)19/h12H,2-11H2,1H3,(H,16,20)(H,18,19). The van der Waals surface area contributed by atoms with Crippen molar-refractivity contribution in [3.63, 3.8) is 0 Å². The molecule has 2 fully saturated rings. The van der Waals surface area contributed by atoms with Crippen LogP contribution >= 0.6 is 0 Å². The average molecular weight is 282 g/mol. The van der Waals surface area contributed by atoms with Crippen LogP contribution in [0.2, 0.25) is 0 Å². The molecule has 1 aliphatic carbocycles. The molecule has 1 heterocycles. The number of amides is 2. The minimum absolute atomic E-state index is 0.0136. The van der Waals surface area contributed by atoms with Crippen LogP contribution in [0.5, 0.6) is 0 Å². The summed E-state index contributed by atoms with van der Waals surface area (Å²) in [5.41, 5.74) is -0.190. The molecule has 0 aromatic heterocycles. The molecule has 0 aromatic rings. The highest BCUT2D eigenvalue weighted by Gasteiger charge is 2.39. The maximum atomic E-state index is 12.1. The minimum atomic E-state index is -0.761. The number of nitrogens with one attached hydrogen (secondary N) is 1. The third kappa shape index (κ3) is 3.64. The minimum Gasteiger partial charge on any atom is -0.481 e. The van der Waals surface area contributed by atoms with Gasteiger partial charge in [0.25, 0.3) is 0 Å². The summed E-state index contributed by atoms with van der Waals surface area (Å²) in [7, 11) is 0. The second-order valence-electron chi connectivity index (χ2n) is 6.47. The Morgan fingerprint density at radius 1 is 1.40 bits per heavy atom. The van der Waals surface area contributed by atoms with Gasteiger partial charge in [-0.3, -0.25) is 4.79 Å². The summed E-state index contributed by atoms with van der Waals surface area (Å²) >= 11 is 0. The molecule has 1 aliphatic heterocycles. The molecular weight excluding hydrogens is 256 g/mol. The highest BCUT2D eigenvalue weighted by molar-refractivity contribution is 5.74. The van der Waals surface area contributed by atoms with E-state index in [1.165, 1.54) is 12.8 Å². The lowest BCUT2D eigenvalue weighted by Crippen LogP contribution is -2.47. The molecule has 1 saturated carbocycles. The normalized spacial score (nSPS) is 24.2. The lowest BCUT2D eigenvalue weighted by Gasteiger charge is -2.41. The molecule has 2 amide bonds. The molecule has 20 heavy (non-hydrogen) atoms. The van der Waals surface area contributed by atoms with Gasteiger partial charge in [-0.2, -0.15) is 0 Å².